The quantitative estimate of drug-likeness (QED) is 0.373. The highest BCUT2D eigenvalue weighted by atomic mass is 16.5. The SMILES string of the molecule is CCc1nn(-c2ccccc2)c(Oc2ccccc2OC)c1CN(C[C@@H](O)COC(C)C)C1CC1. The number of benzene rings is 2. The number of nitrogens with zero attached hydrogens (tertiary/aromatic N) is 3. The van der Waals surface area contributed by atoms with Gasteiger partial charge in [0.25, 0.3) is 0 Å². The van der Waals surface area contributed by atoms with Crippen LogP contribution in [0, 0.1) is 0 Å². The van der Waals surface area contributed by atoms with Crippen LogP contribution in [0.25, 0.3) is 5.69 Å². The molecule has 4 rings (SSSR count). The van der Waals surface area contributed by atoms with Crippen molar-refractivity contribution < 1.29 is 19.3 Å². The summed E-state index contributed by atoms with van der Waals surface area (Å²) < 4.78 is 19.6. The summed E-state index contributed by atoms with van der Waals surface area (Å²) in [6.07, 6.45) is 2.58. The highest BCUT2D eigenvalue weighted by molar-refractivity contribution is 5.47. The molecule has 1 aliphatic rings. The molecule has 1 saturated carbocycles. The summed E-state index contributed by atoms with van der Waals surface area (Å²) in [5, 5.41) is 15.6. The zero-order chi connectivity index (χ0) is 24.8. The van der Waals surface area contributed by atoms with Gasteiger partial charge in [-0.25, -0.2) is 4.68 Å². The molecule has 3 aromatic rings. The molecule has 1 atom stereocenters. The second-order valence-electron chi connectivity index (χ2n) is 9.28. The molecule has 7 nitrogen and oxygen atoms in total. The van der Waals surface area contributed by atoms with Crippen molar-refractivity contribution in [1.29, 1.82) is 0 Å². The lowest BCUT2D eigenvalue weighted by atomic mass is 10.1. The summed E-state index contributed by atoms with van der Waals surface area (Å²) in [6.45, 7) is 7.60. The maximum absolute atomic E-state index is 10.7. The minimum Gasteiger partial charge on any atom is -0.493 e. The predicted octanol–water partition coefficient (Wildman–Crippen LogP) is 4.99. The number of para-hydroxylation sites is 3. The maximum Gasteiger partial charge on any atom is 0.227 e. The number of hydrogen-bond acceptors (Lipinski definition) is 6. The monoisotopic (exact) mass is 479 g/mol. The Labute approximate surface area is 208 Å². The number of methoxy groups -OCH3 is 1. The number of hydrogen-bond donors (Lipinski definition) is 1. The van der Waals surface area contributed by atoms with Gasteiger partial charge in [-0.1, -0.05) is 37.3 Å². The van der Waals surface area contributed by atoms with Crippen LogP contribution in [0.3, 0.4) is 0 Å². The topological polar surface area (TPSA) is 69.0 Å². The molecule has 35 heavy (non-hydrogen) atoms. The zero-order valence-corrected chi connectivity index (χ0v) is 21.2. The molecule has 1 fully saturated rings. The Kier molecular flexibility index (Phi) is 8.44. The van der Waals surface area contributed by atoms with Gasteiger partial charge < -0.3 is 19.3 Å². The van der Waals surface area contributed by atoms with Crippen molar-refractivity contribution in [1.82, 2.24) is 14.7 Å². The number of aryl methyl sites for hydroxylation is 1. The summed E-state index contributed by atoms with van der Waals surface area (Å²) in [5.74, 6) is 1.98. The van der Waals surface area contributed by atoms with E-state index in [1.807, 2.05) is 73.1 Å². The van der Waals surface area contributed by atoms with Crippen LogP contribution in [0.2, 0.25) is 0 Å². The van der Waals surface area contributed by atoms with Gasteiger partial charge in [0.2, 0.25) is 5.88 Å². The Hall–Kier alpha value is -2.87. The number of aliphatic hydroxyl groups excluding tert-OH is 1. The van der Waals surface area contributed by atoms with E-state index in [9.17, 15) is 5.11 Å². The van der Waals surface area contributed by atoms with Crippen LogP contribution in [-0.2, 0) is 17.7 Å². The lowest BCUT2D eigenvalue weighted by Crippen LogP contribution is -2.36. The summed E-state index contributed by atoms with van der Waals surface area (Å²) >= 11 is 0. The summed E-state index contributed by atoms with van der Waals surface area (Å²) in [6, 6.07) is 18.1. The Bertz CT molecular complexity index is 1080. The number of aliphatic hydroxyl groups is 1. The molecule has 0 spiro atoms. The molecular weight excluding hydrogens is 442 g/mol. The molecule has 1 aromatic heterocycles. The third kappa shape index (κ3) is 6.42. The Morgan fingerprint density at radius 2 is 1.74 bits per heavy atom. The second-order valence-corrected chi connectivity index (χ2v) is 9.28. The molecule has 0 saturated heterocycles. The molecule has 1 heterocycles. The zero-order valence-electron chi connectivity index (χ0n) is 21.2. The van der Waals surface area contributed by atoms with E-state index >= 15 is 0 Å². The van der Waals surface area contributed by atoms with Crippen molar-refractivity contribution in [3.05, 3.63) is 65.9 Å². The fourth-order valence-corrected chi connectivity index (χ4v) is 4.19. The first kappa shape index (κ1) is 25.2. The van der Waals surface area contributed by atoms with Gasteiger partial charge in [-0.3, -0.25) is 4.90 Å². The van der Waals surface area contributed by atoms with Gasteiger partial charge in [0.1, 0.15) is 0 Å². The van der Waals surface area contributed by atoms with Crippen molar-refractivity contribution in [2.75, 3.05) is 20.3 Å². The number of aromatic nitrogens is 2. The van der Waals surface area contributed by atoms with Gasteiger partial charge >= 0.3 is 0 Å². The molecule has 0 amide bonds. The molecule has 2 aromatic carbocycles. The van der Waals surface area contributed by atoms with Crippen LogP contribution in [-0.4, -0.2) is 58.3 Å². The third-order valence-electron chi connectivity index (χ3n) is 6.12. The smallest absolute Gasteiger partial charge is 0.227 e. The Morgan fingerprint density at radius 1 is 1.06 bits per heavy atom. The number of ether oxygens (including phenoxy) is 3. The minimum atomic E-state index is -0.550. The first-order valence-corrected chi connectivity index (χ1v) is 12.5. The predicted molar refractivity (Wildman–Crippen MR) is 137 cm³/mol. The van der Waals surface area contributed by atoms with E-state index in [0.29, 0.717) is 43.1 Å². The fraction of sp³-hybridized carbons (Fsp3) is 0.464. The van der Waals surface area contributed by atoms with Crippen LogP contribution < -0.4 is 9.47 Å². The molecule has 188 valence electrons. The van der Waals surface area contributed by atoms with Gasteiger partial charge in [0, 0.05) is 19.1 Å². The summed E-state index contributed by atoms with van der Waals surface area (Å²) in [4.78, 5) is 2.34. The maximum atomic E-state index is 10.7. The first-order chi connectivity index (χ1) is 17.0. The van der Waals surface area contributed by atoms with Crippen molar-refractivity contribution in [3.63, 3.8) is 0 Å². The minimum absolute atomic E-state index is 0.0932. The van der Waals surface area contributed by atoms with Crippen molar-refractivity contribution >= 4 is 0 Å². The molecule has 7 heteroatoms. The molecule has 1 aliphatic carbocycles. The molecule has 0 bridgehead atoms. The van der Waals surface area contributed by atoms with Crippen LogP contribution in [0.5, 0.6) is 17.4 Å². The van der Waals surface area contributed by atoms with E-state index in [0.717, 1.165) is 36.2 Å². The normalized spacial score (nSPS) is 14.5. The average molecular weight is 480 g/mol. The van der Waals surface area contributed by atoms with E-state index in [1.165, 1.54) is 0 Å². The van der Waals surface area contributed by atoms with Gasteiger partial charge in [-0.15, -0.1) is 0 Å². The molecular formula is C28H37N3O4. The molecule has 1 N–H and O–H groups in total. The molecule has 0 aliphatic heterocycles. The summed E-state index contributed by atoms with van der Waals surface area (Å²) in [7, 11) is 1.64. The first-order valence-electron chi connectivity index (χ1n) is 12.5. The van der Waals surface area contributed by atoms with Gasteiger partial charge in [0.05, 0.1) is 42.9 Å². The Morgan fingerprint density at radius 3 is 2.37 bits per heavy atom. The van der Waals surface area contributed by atoms with E-state index in [2.05, 4.69) is 11.8 Å². The largest absolute Gasteiger partial charge is 0.493 e. The van der Waals surface area contributed by atoms with E-state index in [1.54, 1.807) is 7.11 Å². The van der Waals surface area contributed by atoms with Gasteiger partial charge in [0.15, 0.2) is 11.5 Å². The summed E-state index contributed by atoms with van der Waals surface area (Å²) in [5.41, 5.74) is 2.95. The average Bonchev–Trinajstić information content (AvgIpc) is 3.67. The second kappa shape index (κ2) is 11.7. The Balaban J connectivity index is 1.70. The standard InChI is InChI=1S/C28H37N3O4/c1-5-25-24(18-30(21-15-16-21)17-23(32)19-34-20(2)3)28(31(29-25)22-11-7-6-8-12-22)35-27-14-10-9-13-26(27)33-4/h6-14,20-21,23,32H,5,15-19H2,1-4H3/t23-/m1/s1. The van der Waals surface area contributed by atoms with Crippen molar-refractivity contribution in [2.45, 2.75) is 64.8 Å². The fourth-order valence-electron chi connectivity index (χ4n) is 4.19. The van der Waals surface area contributed by atoms with Crippen molar-refractivity contribution in [3.8, 4) is 23.1 Å². The van der Waals surface area contributed by atoms with Gasteiger partial charge in [-0.2, -0.15) is 5.10 Å². The highest BCUT2D eigenvalue weighted by Crippen LogP contribution is 2.38. The van der Waals surface area contributed by atoms with E-state index in [4.69, 9.17) is 19.3 Å². The lowest BCUT2D eigenvalue weighted by molar-refractivity contribution is -0.0107. The highest BCUT2D eigenvalue weighted by Gasteiger charge is 2.33. The van der Waals surface area contributed by atoms with Crippen LogP contribution in [0.1, 0.15) is 44.9 Å². The third-order valence-corrected chi connectivity index (χ3v) is 6.12. The van der Waals surface area contributed by atoms with Crippen LogP contribution in [0.4, 0.5) is 0 Å². The van der Waals surface area contributed by atoms with Crippen LogP contribution in [0.15, 0.2) is 54.6 Å². The lowest BCUT2D eigenvalue weighted by Gasteiger charge is -2.26. The van der Waals surface area contributed by atoms with Crippen LogP contribution >= 0.6 is 0 Å². The number of rotatable bonds is 13. The van der Waals surface area contributed by atoms with E-state index < -0.39 is 6.10 Å². The van der Waals surface area contributed by atoms with Gasteiger partial charge in [-0.05, 0) is 57.4 Å². The molecule has 0 unspecified atom stereocenters. The van der Waals surface area contributed by atoms with Crippen molar-refractivity contribution in [2.24, 2.45) is 0 Å². The molecule has 0 radical (unpaired) electrons. The van der Waals surface area contributed by atoms with E-state index in [-0.39, 0.29) is 6.10 Å².